The number of hydrogen-bond donors (Lipinski definition) is 2. The van der Waals surface area contributed by atoms with Gasteiger partial charge in [0.2, 0.25) is 5.79 Å². The third kappa shape index (κ3) is 6.24. The van der Waals surface area contributed by atoms with Gasteiger partial charge in [-0.25, -0.2) is 0 Å². The first-order valence-electron chi connectivity index (χ1n) is 13.3. The number of rotatable bonds is 3. The number of esters is 1. The summed E-state index contributed by atoms with van der Waals surface area (Å²) in [6.45, 7) is 11.5. The van der Waals surface area contributed by atoms with Crippen LogP contribution in [0.4, 0.5) is 0 Å². The summed E-state index contributed by atoms with van der Waals surface area (Å²) in [4.78, 5) is 30.6. The fourth-order valence-corrected chi connectivity index (χ4v) is 5.45. The van der Waals surface area contributed by atoms with Crippen LogP contribution in [0.15, 0.2) is 30.0 Å². The molecule has 6 atom stereocenters. The minimum absolute atomic E-state index is 0.0291. The summed E-state index contributed by atoms with van der Waals surface area (Å²) in [6, 6.07) is 5.44. The lowest BCUT2D eigenvalue weighted by atomic mass is 9.74. The smallest absolute Gasteiger partial charge is 0.306 e. The number of epoxide rings is 1. The molecule has 3 rings (SSSR count). The van der Waals surface area contributed by atoms with Crippen LogP contribution in [0.2, 0.25) is 0 Å². The van der Waals surface area contributed by atoms with E-state index in [9.17, 15) is 19.8 Å². The van der Waals surface area contributed by atoms with Crippen molar-refractivity contribution in [2.45, 2.75) is 110 Å². The zero-order valence-electron chi connectivity index (χ0n) is 22.6. The minimum Gasteiger partial charge on any atom is -0.455 e. The highest BCUT2D eigenvalue weighted by atomic mass is 16.8. The second-order valence-corrected chi connectivity index (χ2v) is 11.6. The van der Waals surface area contributed by atoms with Gasteiger partial charge in [0.1, 0.15) is 11.4 Å². The molecule has 0 aromatic carbocycles. The lowest BCUT2D eigenvalue weighted by Crippen LogP contribution is -2.47. The van der Waals surface area contributed by atoms with Gasteiger partial charge in [0, 0.05) is 24.0 Å². The Morgan fingerprint density at radius 3 is 2.58 bits per heavy atom. The van der Waals surface area contributed by atoms with Crippen molar-refractivity contribution in [2.24, 2.45) is 17.3 Å². The number of Topliss-reactive ketones (excluding diaryl/α,β-unsaturated/α-hetero) is 1. The monoisotopic (exact) mass is 501 g/mol. The van der Waals surface area contributed by atoms with Crippen LogP contribution in [-0.4, -0.2) is 50.5 Å². The Bertz CT molecular complexity index is 960. The topological polar surface area (TPSA) is 109 Å². The van der Waals surface area contributed by atoms with Crippen LogP contribution >= 0.6 is 0 Å². The summed E-state index contributed by atoms with van der Waals surface area (Å²) in [5.41, 5.74) is -0.430. The molecule has 0 amide bonds. The molecule has 2 saturated heterocycles. The molecule has 0 saturated carbocycles. The molecule has 3 heterocycles. The number of fused-ring (bicyclic) bond motifs is 1. The van der Waals surface area contributed by atoms with Gasteiger partial charge in [-0.05, 0) is 69.2 Å². The molecule has 2 N–H and O–H groups in total. The predicted octanol–water partition coefficient (Wildman–Crippen LogP) is 4.85. The van der Waals surface area contributed by atoms with Gasteiger partial charge >= 0.3 is 5.97 Å². The molecule has 2 aliphatic rings. The molecule has 2 aliphatic heterocycles. The number of nitrogens with zero attached hydrogens (tertiary/aromatic N) is 1. The Morgan fingerprint density at radius 2 is 1.94 bits per heavy atom. The number of aliphatic hydroxyl groups excluding tert-OH is 1. The van der Waals surface area contributed by atoms with Crippen molar-refractivity contribution in [3.63, 3.8) is 0 Å². The summed E-state index contributed by atoms with van der Waals surface area (Å²) in [6.07, 6.45) is 4.95. The van der Waals surface area contributed by atoms with Gasteiger partial charge in [0.05, 0.1) is 5.69 Å². The van der Waals surface area contributed by atoms with Gasteiger partial charge in [-0.1, -0.05) is 46.6 Å². The van der Waals surface area contributed by atoms with E-state index >= 15 is 0 Å². The Kier molecular flexibility index (Phi) is 8.79. The SMILES string of the molecule is CCC1CC(C)CCCC2(C)OC2(O)C(O)C(C(C)=Cc2ccccn2)OC(=O)CCC(C)(C)C1=O. The van der Waals surface area contributed by atoms with Crippen LogP contribution < -0.4 is 0 Å². The quantitative estimate of drug-likeness (QED) is 0.450. The van der Waals surface area contributed by atoms with Crippen molar-refractivity contribution in [1.82, 2.24) is 4.98 Å². The van der Waals surface area contributed by atoms with Crippen LogP contribution in [0.3, 0.4) is 0 Å². The number of ketones is 1. The number of pyridine rings is 1. The van der Waals surface area contributed by atoms with E-state index in [1.54, 1.807) is 38.3 Å². The summed E-state index contributed by atoms with van der Waals surface area (Å²) < 4.78 is 11.5. The largest absolute Gasteiger partial charge is 0.455 e. The van der Waals surface area contributed by atoms with Crippen molar-refractivity contribution >= 4 is 17.8 Å². The van der Waals surface area contributed by atoms with E-state index < -0.39 is 35.0 Å². The molecule has 1 aromatic rings. The number of carbonyl (C=O) groups excluding carboxylic acids is 2. The van der Waals surface area contributed by atoms with Crippen molar-refractivity contribution in [1.29, 1.82) is 0 Å². The highest BCUT2D eigenvalue weighted by Gasteiger charge is 2.71. The normalized spacial score (nSPS) is 36.6. The van der Waals surface area contributed by atoms with E-state index in [2.05, 4.69) is 11.9 Å². The van der Waals surface area contributed by atoms with Gasteiger partial charge < -0.3 is 19.7 Å². The van der Waals surface area contributed by atoms with E-state index in [0.29, 0.717) is 30.0 Å². The molecular weight excluding hydrogens is 458 g/mol. The van der Waals surface area contributed by atoms with Crippen LogP contribution in [0, 0.1) is 17.3 Å². The van der Waals surface area contributed by atoms with Crippen molar-refractivity contribution in [2.75, 3.05) is 0 Å². The molecule has 0 spiro atoms. The Hall–Kier alpha value is -2.09. The molecule has 2 fully saturated rings. The molecule has 6 unspecified atom stereocenters. The second-order valence-electron chi connectivity index (χ2n) is 11.6. The van der Waals surface area contributed by atoms with Crippen molar-refractivity contribution < 1.29 is 29.3 Å². The standard InChI is InChI=1S/C29H43NO6/c1-7-21-17-19(2)11-10-14-28(6)29(34,36-28)26(33)24(20(3)18-22-12-8-9-16-30-22)35-23(31)13-15-27(4,5)25(21)32/h8-9,12,16,18-19,21,24,26,33-34H,7,10-11,13-15,17H2,1-6H3. The predicted molar refractivity (Wildman–Crippen MR) is 138 cm³/mol. The number of ether oxygens (including phenoxy) is 2. The fraction of sp³-hybridized carbons (Fsp3) is 0.690. The van der Waals surface area contributed by atoms with E-state index in [4.69, 9.17) is 9.47 Å². The highest BCUT2D eigenvalue weighted by Crippen LogP contribution is 2.53. The average Bonchev–Trinajstić information content (AvgIpc) is 3.40. The Balaban J connectivity index is 1.91. The van der Waals surface area contributed by atoms with E-state index in [0.717, 1.165) is 25.7 Å². The van der Waals surface area contributed by atoms with Crippen LogP contribution in [0.5, 0.6) is 0 Å². The summed E-state index contributed by atoms with van der Waals surface area (Å²) in [7, 11) is 0. The fourth-order valence-electron chi connectivity index (χ4n) is 5.45. The number of aliphatic hydroxyl groups is 2. The Labute approximate surface area is 215 Å². The van der Waals surface area contributed by atoms with Crippen LogP contribution in [-0.2, 0) is 19.1 Å². The first kappa shape index (κ1) is 28.5. The Morgan fingerprint density at radius 1 is 1.22 bits per heavy atom. The average molecular weight is 502 g/mol. The molecule has 0 aliphatic carbocycles. The maximum absolute atomic E-state index is 13.4. The lowest BCUT2D eigenvalue weighted by molar-refractivity contribution is -0.165. The molecule has 7 nitrogen and oxygen atoms in total. The van der Waals surface area contributed by atoms with E-state index in [1.165, 1.54) is 0 Å². The third-order valence-corrected chi connectivity index (χ3v) is 8.08. The van der Waals surface area contributed by atoms with Gasteiger partial charge in [0.15, 0.2) is 12.2 Å². The molecule has 0 bridgehead atoms. The molecule has 7 heteroatoms. The summed E-state index contributed by atoms with van der Waals surface area (Å²) in [5, 5.41) is 22.5. The summed E-state index contributed by atoms with van der Waals surface area (Å²) >= 11 is 0. The third-order valence-electron chi connectivity index (χ3n) is 8.08. The number of carbonyl (C=O) groups is 2. The second kappa shape index (κ2) is 11.1. The molecule has 1 aromatic heterocycles. The maximum Gasteiger partial charge on any atom is 0.306 e. The van der Waals surface area contributed by atoms with Crippen molar-refractivity contribution in [3.8, 4) is 0 Å². The first-order chi connectivity index (χ1) is 16.8. The molecule has 36 heavy (non-hydrogen) atoms. The number of cyclic esters (lactones) is 1. The van der Waals surface area contributed by atoms with Crippen LogP contribution in [0.1, 0.15) is 92.2 Å². The zero-order chi connectivity index (χ0) is 26.7. The highest BCUT2D eigenvalue weighted by molar-refractivity contribution is 5.86. The lowest BCUT2D eigenvalue weighted by Gasteiger charge is -2.31. The van der Waals surface area contributed by atoms with E-state index in [-0.39, 0.29) is 18.1 Å². The number of aromatic nitrogens is 1. The maximum atomic E-state index is 13.4. The van der Waals surface area contributed by atoms with E-state index in [1.807, 2.05) is 26.8 Å². The van der Waals surface area contributed by atoms with Gasteiger partial charge in [-0.2, -0.15) is 0 Å². The van der Waals surface area contributed by atoms with Crippen LogP contribution in [0.25, 0.3) is 6.08 Å². The minimum atomic E-state index is -1.82. The van der Waals surface area contributed by atoms with Crippen molar-refractivity contribution in [3.05, 3.63) is 35.7 Å². The first-order valence-corrected chi connectivity index (χ1v) is 13.3. The molecule has 200 valence electrons. The molecule has 0 radical (unpaired) electrons. The molecular formula is C29H43NO6. The number of hydrogen-bond acceptors (Lipinski definition) is 7. The zero-order valence-corrected chi connectivity index (χ0v) is 22.6. The van der Waals surface area contributed by atoms with Gasteiger partial charge in [-0.3, -0.25) is 14.6 Å². The summed E-state index contributed by atoms with van der Waals surface area (Å²) in [5.74, 6) is -1.89. The van der Waals surface area contributed by atoms with Gasteiger partial charge in [-0.15, -0.1) is 0 Å². The van der Waals surface area contributed by atoms with Gasteiger partial charge in [0.25, 0.3) is 0 Å².